The summed E-state index contributed by atoms with van der Waals surface area (Å²) in [6, 6.07) is 90.8. The summed E-state index contributed by atoms with van der Waals surface area (Å²) in [6.45, 7) is 0. The number of aromatic nitrogens is 1. The molecule has 1 aromatic heterocycles. The van der Waals surface area contributed by atoms with E-state index >= 15 is 0 Å². The summed E-state index contributed by atoms with van der Waals surface area (Å²) in [6.07, 6.45) is 0. The zero-order valence-corrected chi connectivity index (χ0v) is 33.1. The summed E-state index contributed by atoms with van der Waals surface area (Å²) in [5.74, 6) is 0. The summed E-state index contributed by atoms with van der Waals surface area (Å²) in [7, 11) is 0. The number of nitrogens with zero attached hydrogens (tertiary/aromatic N) is 2. The first-order valence-electron chi connectivity index (χ1n) is 20.5. The van der Waals surface area contributed by atoms with Gasteiger partial charge in [0.2, 0.25) is 0 Å². The lowest BCUT2D eigenvalue weighted by Gasteiger charge is -2.26. The number of hydrogen-bond acceptors (Lipinski definition) is 1. The highest BCUT2D eigenvalue weighted by Gasteiger charge is 2.15. The molecule has 0 amide bonds. The van der Waals surface area contributed by atoms with Crippen molar-refractivity contribution < 1.29 is 0 Å². The van der Waals surface area contributed by atoms with E-state index in [1.54, 1.807) is 0 Å². The topological polar surface area (TPSA) is 8.17 Å². The first-order chi connectivity index (χ1) is 29.8. The molecule has 0 bridgehead atoms. The van der Waals surface area contributed by atoms with E-state index < -0.39 is 0 Å². The van der Waals surface area contributed by atoms with Crippen LogP contribution in [0.2, 0.25) is 0 Å². The molecule has 0 fully saturated rings. The number of anilines is 3. The SMILES string of the molecule is c1ccc(-c2ccc(-c3ccc(N(c4ccccc4)c4ccc5cc(-c6ccc7c(c6)c6ccccc6n7-c6ccccc6)ccc5c4)cc3)cc2)cc1.c1ccccc1. The van der Waals surface area contributed by atoms with E-state index in [0.717, 1.165) is 17.1 Å². The molecule has 0 radical (unpaired) electrons. The second-order valence-electron chi connectivity index (χ2n) is 15.0. The van der Waals surface area contributed by atoms with Crippen molar-refractivity contribution >= 4 is 49.6 Å². The molecule has 2 nitrogen and oxygen atoms in total. The van der Waals surface area contributed by atoms with Gasteiger partial charge in [0.1, 0.15) is 0 Å². The number of hydrogen-bond donors (Lipinski definition) is 0. The van der Waals surface area contributed by atoms with Gasteiger partial charge in [-0.05, 0) is 117 Å². The van der Waals surface area contributed by atoms with E-state index in [1.807, 2.05) is 36.4 Å². The predicted octanol–water partition coefficient (Wildman–Crippen LogP) is 16.1. The minimum atomic E-state index is 1.12. The standard InChI is InChI=1S/C52H36N2.C6H6/c1-4-12-37(13-5-1)38-20-22-39(23-21-38)40-26-30-47(31-27-40)53(45-14-6-2-7-15-45)48-32-28-42-34-41(24-25-43(42)35-48)44-29-33-52-50(36-44)49-18-10-11-19-51(49)54(52)46-16-8-3-9-17-46;1-2-4-6-5-3-1/h1-36H;1-6H. The molecule has 1 heterocycles. The maximum absolute atomic E-state index is 2.37. The molecule has 2 heteroatoms. The van der Waals surface area contributed by atoms with Crippen molar-refractivity contribution in [3.8, 4) is 39.1 Å². The molecule has 0 unspecified atom stereocenters. The van der Waals surface area contributed by atoms with Crippen LogP contribution in [0.25, 0.3) is 71.6 Å². The number of benzene rings is 10. The second kappa shape index (κ2) is 16.5. The Labute approximate surface area is 351 Å². The van der Waals surface area contributed by atoms with Crippen LogP contribution in [0.4, 0.5) is 17.1 Å². The molecular formula is C58H42N2. The van der Waals surface area contributed by atoms with Gasteiger partial charge in [0.15, 0.2) is 0 Å². The van der Waals surface area contributed by atoms with Crippen LogP contribution in [-0.2, 0) is 0 Å². The molecule has 11 aromatic rings. The highest BCUT2D eigenvalue weighted by Crippen LogP contribution is 2.39. The average Bonchev–Trinajstić information content (AvgIpc) is 3.67. The lowest BCUT2D eigenvalue weighted by atomic mass is 9.99. The summed E-state index contributed by atoms with van der Waals surface area (Å²) in [4.78, 5) is 2.34. The van der Waals surface area contributed by atoms with E-state index in [1.165, 1.54) is 71.6 Å². The monoisotopic (exact) mass is 766 g/mol. The van der Waals surface area contributed by atoms with E-state index in [-0.39, 0.29) is 0 Å². The molecule has 284 valence electrons. The van der Waals surface area contributed by atoms with Gasteiger partial charge in [-0.3, -0.25) is 0 Å². The molecule has 0 N–H and O–H groups in total. The van der Waals surface area contributed by atoms with E-state index in [0.29, 0.717) is 0 Å². The Hall–Kier alpha value is -7.94. The fourth-order valence-electron chi connectivity index (χ4n) is 8.26. The average molecular weight is 767 g/mol. The summed E-state index contributed by atoms with van der Waals surface area (Å²) >= 11 is 0. The van der Waals surface area contributed by atoms with Gasteiger partial charge in [-0.15, -0.1) is 0 Å². The van der Waals surface area contributed by atoms with Gasteiger partial charge >= 0.3 is 0 Å². The van der Waals surface area contributed by atoms with Crippen molar-refractivity contribution in [2.75, 3.05) is 4.90 Å². The minimum absolute atomic E-state index is 1.12. The van der Waals surface area contributed by atoms with Crippen molar-refractivity contribution in [2.45, 2.75) is 0 Å². The van der Waals surface area contributed by atoms with Gasteiger partial charge < -0.3 is 9.47 Å². The third-order valence-electron chi connectivity index (χ3n) is 11.2. The highest BCUT2D eigenvalue weighted by atomic mass is 15.1. The van der Waals surface area contributed by atoms with Gasteiger partial charge in [0, 0.05) is 33.5 Å². The summed E-state index contributed by atoms with van der Waals surface area (Å²) in [5, 5.41) is 4.94. The van der Waals surface area contributed by atoms with Crippen molar-refractivity contribution in [1.82, 2.24) is 4.57 Å². The second-order valence-corrected chi connectivity index (χ2v) is 15.0. The van der Waals surface area contributed by atoms with E-state index in [9.17, 15) is 0 Å². The van der Waals surface area contributed by atoms with Gasteiger partial charge in [0.25, 0.3) is 0 Å². The fraction of sp³-hybridized carbons (Fsp3) is 0. The van der Waals surface area contributed by atoms with Crippen LogP contribution in [0.3, 0.4) is 0 Å². The first-order valence-corrected chi connectivity index (χ1v) is 20.5. The van der Waals surface area contributed by atoms with Gasteiger partial charge in [-0.25, -0.2) is 0 Å². The van der Waals surface area contributed by atoms with Crippen molar-refractivity contribution in [2.24, 2.45) is 0 Å². The molecule has 0 aliphatic heterocycles. The first kappa shape index (κ1) is 36.4. The third kappa shape index (κ3) is 7.35. The molecule has 10 aromatic carbocycles. The Morgan fingerprint density at radius 1 is 0.250 bits per heavy atom. The Bertz CT molecular complexity index is 3130. The largest absolute Gasteiger partial charge is 0.310 e. The Morgan fingerprint density at radius 3 is 1.33 bits per heavy atom. The Kier molecular flexibility index (Phi) is 10.0. The predicted molar refractivity (Wildman–Crippen MR) is 256 cm³/mol. The van der Waals surface area contributed by atoms with Crippen LogP contribution < -0.4 is 4.90 Å². The number of fused-ring (bicyclic) bond motifs is 4. The van der Waals surface area contributed by atoms with Crippen molar-refractivity contribution in [3.63, 3.8) is 0 Å². The van der Waals surface area contributed by atoms with Crippen LogP contribution in [-0.4, -0.2) is 4.57 Å². The van der Waals surface area contributed by atoms with Crippen LogP contribution in [0.15, 0.2) is 255 Å². The quantitative estimate of drug-likeness (QED) is 0.157. The summed E-state index contributed by atoms with van der Waals surface area (Å²) in [5.41, 5.74) is 14.2. The van der Waals surface area contributed by atoms with Crippen LogP contribution in [0.5, 0.6) is 0 Å². The van der Waals surface area contributed by atoms with Crippen molar-refractivity contribution in [3.05, 3.63) is 255 Å². The molecule has 0 atom stereocenters. The van der Waals surface area contributed by atoms with Crippen molar-refractivity contribution in [1.29, 1.82) is 0 Å². The molecule has 0 aliphatic rings. The highest BCUT2D eigenvalue weighted by molar-refractivity contribution is 6.10. The minimum Gasteiger partial charge on any atom is -0.310 e. The maximum Gasteiger partial charge on any atom is 0.0541 e. The third-order valence-corrected chi connectivity index (χ3v) is 11.2. The zero-order chi connectivity index (χ0) is 40.1. The smallest absolute Gasteiger partial charge is 0.0541 e. The molecule has 11 rings (SSSR count). The van der Waals surface area contributed by atoms with Gasteiger partial charge in [-0.1, -0.05) is 182 Å². The van der Waals surface area contributed by atoms with Crippen LogP contribution in [0.1, 0.15) is 0 Å². The van der Waals surface area contributed by atoms with Gasteiger partial charge in [0.05, 0.1) is 11.0 Å². The lowest BCUT2D eigenvalue weighted by Crippen LogP contribution is -2.09. The molecule has 0 saturated heterocycles. The molecule has 0 spiro atoms. The molecule has 0 aliphatic carbocycles. The fourth-order valence-corrected chi connectivity index (χ4v) is 8.26. The molecule has 60 heavy (non-hydrogen) atoms. The number of para-hydroxylation sites is 3. The Morgan fingerprint density at radius 2 is 0.667 bits per heavy atom. The molecular weight excluding hydrogens is 725 g/mol. The lowest BCUT2D eigenvalue weighted by molar-refractivity contribution is 1.18. The maximum atomic E-state index is 2.37. The molecule has 0 saturated carbocycles. The van der Waals surface area contributed by atoms with E-state index in [2.05, 4.69) is 228 Å². The number of rotatable bonds is 7. The van der Waals surface area contributed by atoms with E-state index in [4.69, 9.17) is 0 Å². The van der Waals surface area contributed by atoms with Crippen LogP contribution >= 0.6 is 0 Å². The summed E-state index contributed by atoms with van der Waals surface area (Å²) < 4.78 is 2.37. The van der Waals surface area contributed by atoms with Crippen LogP contribution in [0, 0.1) is 0 Å². The normalized spacial score (nSPS) is 11.0. The Balaban J connectivity index is 0.000000666. The van der Waals surface area contributed by atoms with Gasteiger partial charge in [-0.2, -0.15) is 0 Å². The zero-order valence-electron chi connectivity index (χ0n) is 33.1.